The summed E-state index contributed by atoms with van der Waals surface area (Å²) in [5, 5.41) is 2.90. The van der Waals surface area contributed by atoms with Crippen molar-refractivity contribution in [1.82, 2.24) is 9.88 Å². The van der Waals surface area contributed by atoms with E-state index in [1.54, 1.807) is 13.3 Å². The summed E-state index contributed by atoms with van der Waals surface area (Å²) in [6.07, 6.45) is 7.05. The standard InChI is InChI=1S/C25H31N3O3/c1-17-8-11-23(26-15-17)27-25(30)20-7-4-12-28(16-20)24(29)14-19-6-3-5-18-13-21(31-2)9-10-22(18)19/h8-11,13,15,19-20H,3-7,12,14,16H2,1-2H3,(H,26,27,30). The number of likely N-dealkylation sites (tertiary alicyclic amines) is 1. The Balaban J connectivity index is 1.37. The van der Waals surface area contributed by atoms with Gasteiger partial charge in [-0.3, -0.25) is 9.59 Å². The number of methoxy groups -OCH3 is 1. The smallest absolute Gasteiger partial charge is 0.230 e. The van der Waals surface area contributed by atoms with Crippen molar-refractivity contribution in [3.05, 3.63) is 53.2 Å². The van der Waals surface area contributed by atoms with Crippen LogP contribution in [0, 0.1) is 12.8 Å². The van der Waals surface area contributed by atoms with Crippen molar-refractivity contribution in [2.75, 3.05) is 25.5 Å². The summed E-state index contributed by atoms with van der Waals surface area (Å²) in [7, 11) is 1.68. The van der Waals surface area contributed by atoms with Crippen LogP contribution in [0.3, 0.4) is 0 Å². The molecule has 164 valence electrons. The molecular weight excluding hydrogens is 390 g/mol. The van der Waals surface area contributed by atoms with E-state index in [1.165, 1.54) is 11.1 Å². The molecule has 0 radical (unpaired) electrons. The Morgan fingerprint density at radius 1 is 1.19 bits per heavy atom. The highest BCUT2D eigenvalue weighted by molar-refractivity contribution is 5.92. The van der Waals surface area contributed by atoms with Crippen LogP contribution in [0.4, 0.5) is 5.82 Å². The molecular formula is C25H31N3O3. The van der Waals surface area contributed by atoms with Crippen molar-refractivity contribution in [2.24, 2.45) is 5.92 Å². The molecule has 1 N–H and O–H groups in total. The third-order valence-electron chi connectivity index (χ3n) is 6.52. The number of ether oxygens (including phenoxy) is 1. The number of hydrogen-bond acceptors (Lipinski definition) is 4. The highest BCUT2D eigenvalue weighted by Gasteiger charge is 2.31. The zero-order valence-corrected chi connectivity index (χ0v) is 18.4. The van der Waals surface area contributed by atoms with Crippen LogP contribution in [0.5, 0.6) is 5.75 Å². The first-order valence-electron chi connectivity index (χ1n) is 11.2. The normalized spacial score (nSPS) is 20.6. The molecule has 6 nitrogen and oxygen atoms in total. The zero-order valence-electron chi connectivity index (χ0n) is 18.4. The van der Waals surface area contributed by atoms with E-state index < -0.39 is 0 Å². The second kappa shape index (κ2) is 9.50. The number of nitrogens with one attached hydrogen (secondary N) is 1. The molecule has 1 aliphatic heterocycles. The maximum Gasteiger partial charge on any atom is 0.230 e. The molecule has 1 aromatic carbocycles. The lowest BCUT2D eigenvalue weighted by molar-refractivity contribution is -0.135. The maximum absolute atomic E-state index is 13.1. The van der Waals surface area contributed by atoms with Gasteiger partial charge in [0.25, 0.3) is 0 Å². The van der Waals surface area contributed by atoms with E-state index >= 15 is 0 Å². The average molecular weight is 422 g/mol. The van der Waals surface area contributed by atoms with E-state index in [0.29, 0.717) is 18.8 Å². The van der Waals surface area contributed by atoms with Crippen molar-refractivity contribution < 1.29 is 14.3 Å². The molecule has 1 aliphatic carbocycles. The summed E-state index contributed by atoms with van der Waals surface area (Å²) in [4.78, 5) is 32.0. The Morgan fingerprint density at radius 3 is 2.84 bits per heavy atom. The lowest BCUT2D eigenvalue weighted by Gasteiger charge is -2.34. The van der Waals surface area contributed by atoms with E-state index in [9.17, 15) is 9.59 Å². The number of pyridine rings is 1. The minimum Gasteiger partial charge on any atom is -0.497 e. The molecule has 1 fully saturated rings. The molecule has 2 atom stereocenters. The summed E-state index contributed by atoms with van der Waals surface area (Å²) in [5.41, 5.74) is 3.62. The van der Waals surface area contributed by atoms with Gasteiger partial charge in [-0.25, -0.2) is 4.98 Å². The number of nitrogens with zero attached hydrogens (tertiary/aromatic N) is 2. The zero-order chi connectivity index (χ0) is 21.8. The topological polar surface area (TPSA) is 71.5 Å². The summed E-state index contributed by atoms with van der Waals surface area (Å²) in [6, 6.07) is 9.95. The van der Waals surface area contributed by atoms with Crippen LogP contribution in [-0.4, -0.2) is 41.9 Å². The van der Waals surface area contributed by atoms with Crippen LogP contribution in [0.2, 0.25) is 0 Å². The number of hydrogen-bond donors (Lipinski definition) is 1. The van der Waals surface area contributed by atoms with Gasteiger partial charge in [0.1, 0.15) is 11.6 Å². The summed E-state index contributed by atoms with van der Waals surface area (Å²) >= 11 is 0. The van der Waals surface area contributed by atoms with Gasteiger partial charge in [-0.1, -0.05) is 12.1 Å². The van der Waals surface area contributed by atoms with Gasteiger partial charge >= 0.3 is 0 Å². The first kappa shape index (κ1) is 21.3. The minimum atomic E-state index is -0.191. The molecule has 0 bridgehead atoms. The number of aryl methyl sites for hydroxylation is 2. The first-order valence-corrected chi connectivity index (χ1v) is 11.2. The van der Waals surface area contributed by atoms with E-state index in [1.807, 2.05) is 30.0 Å². The van der Waals surface area contributed by atoms with Gasteiger partial charge in [0.2, 0.25) is 11.8 Å². The van der Waals surface area contributed by atoms with Crippen molar-refractivity contribution in [3.8, 4) is 5.75 Å². The number of aromatic nitrogens is 1. The molecule has 2 aliphatic rings. The summed E-state index contributed by atoms with van der Waals surface area (Å²) < 4.78 is 5.36. The number of amides is 2. The third-order valence-corrected chi connectivity index (χ3v) is 6.52. The van der Waals surface area contributed by atoms with Crippen LogP contribution in [0.25, 0.3) is 0 Å². The Hall–Kier alpha value is -2.89. The minimum absolute atomic E-state index is 0.0519. The molecule has 1 saturated heterocycles. The number of carbonyl (C=O) groups is 2. The number of fused-ring (bicyclic) bond motifs is 1. The average Bonchev–Trinajstić information content (AvgIpc) is 2.80. The Morgan fingerprint density at radius 2 is 2.06 bits per heavy atom. The van der Waals surface area contributed by atoms with Crippen molar-refractivity contribution >= 4 is 17.6 Å². The number of piperidine rings is 1. The Kier molecular flexibility index (Phi) is 6.54. The molecule has 0 saturated carbocycles. The summed E-state index contributed by atoms with van der Waals surface area (Å²) in [6.45, 7) is 3.18. The van der Waals surface area contributed by atoms with Gasteiger partial charge in [0.05, 0.1) is 13.0 Å². The quantitative estimate of drug-likeness (QED) is 0.789. The van der Waals surface area contributed by atoms with Crippen LogP contribution < -0.4 is 10.1 Å². The second-order valence-electron chi connectivity index (χ2n) is 8.75. The monoisotopic (exact) mass is 421 g/mol. The molecule has 2 aromatic rings. The summed E-state index contributed by atoms with van der Waals surface area (Å²) in [5.74, 6) is 1.59. The second-order valence-corrected chi connectivity index (χ2v) is 8.75. The molecule has 4 rings (SSSR count). The van der Waals surface area contributed by atoms with Crippen molar-refractivity contribution in [3.63, 3.8) is 0 Å². The van der Waals surface area contributed by atoms with Crippen molar-refractivity contribution in [1.29, 1.82) is 0 Å². The van der Waals surface area contributed by atoms with Crippen LogP contribution in [0.1, 0.15) is 54.7 Å². The molecule has 0 spiro atoms. The molecule has 2 amide bonds. The molecule has 31 heavy (non-hydrogen) atoms. The Bertz CT molecular complexity index is 942. The molecule has 6 heteroatoms. The van der Waals surface area contributed by atoms with Gasteiger partial charge in [-0.05, 0) is 79.8 Å². The predicted molar refractivity (Wildman–Crippen MR) is 120 cm³/mol. The highest BCUT2D eigenvalue weighted by Crippen LogP contribution is 2.36. The molecule has 1 aromatic heterocycles. The first-order chi connectivity index (χ1) is 15.0. The number of anilines is 1. The van der Waals surface area contributed by atoms with E-state index in [0.717, 1.165) is 50.0 Å². The molecule has 2 heterocycles. The van der Waals surface area contributed by atoms with Crippen LogP contribution in [-0.2, 0) is 16.0 Å². The lowest BCUT2D eigenvalue weighted by Crippen LogP contribution is -2.44. The van der Waals surface area contributed by atoms with Crippen LogP contribution >= 0.6 is 0 Å². The van der Waals surface area contributed by atoms with Gasteiger partial charge in [0.15, 0.2) is 0 Å². The van der Waals surface area contributed by atoms with Gasteiger partial charge < -0.3 is 15.0 Å². The predicted octanol–water partition coefficient (Wildman–Crippen LogP) is 4.09. The van der Waals surface area contributed by atoms with Crippen LogP contribution in [0.15, 0.2) is 36.5 Å². The van der Waals surface area contributed by atoms with Gasteiger partial charge in [0, 0.05) is 25.7 Å². The highest BCUT2D eigenvalue weighted by atomic mass is 16.5. The fraction of sp³-hybridized carbons (Fsp3) is 0.480. The number of benzene rings is 1. The van der Waals surface area contributed by atoms with Crippen molar-refractivity contribution in [2.45, 2.75) is 51.4 Å². The fourth-order valence-corrected chi connectivity index (χ4v) is 4.76. The fourth-order valence-electron chi connectivity index (χ4n) is 4.76. The van der Waals surface area contributed by atoms with E-state index in [-0.39, 0.29) is 23.7 Å². The van der Waals surface area contributed by atoms with Gasteiger partial charge in [-0.15, -0.1) is 0 Å². The van der Waals surface area contributed by atoms with Gasteiger partial charge in [-0.2, -0.15) is 0 Å². The third kappa shape index (κ3) is 5.06. The lowest BCUT2D eigenvalue weighted by atomic mass is 9.80. The largest absolute Gasteiger partial charge is 0.497 e. The van der Waals surface area contributed by atoms with E-state index in [2.05, 4.69) is 22.4 Å². The maximum atomic E-state index is 13.1. The van der Waals surface area contributed by atoms with E-state index in [4.69, 9.17) is 4.74 Å². The number of carbonyl (C=O) groups excluding carboxylic acids is 2. The SMILES string of the molecule is COc1ccc2c(c1)CCCC2CC(=O)N1CCCC(C(=O)Nc2ccc(C)cn2)C1. The Labute approximate surface area is 184 Å². The molecule has 2 unspecified atom stereocenters. The number of rotatable bonds is 5.